The fourth-order valence-corrected chi connectivity index (χ4v) is 7.16. The number of thioether (sulfide) groups is 1. The minimum Gasteiger partial charge on any atom is -0.543 e. The monoisotopic (exact) mass is 534 g/mol. The average Bonchev–Trinajstić information content (AvgIpc) is 3.25. The zero-order valence-electron chi connectivity index (χ0n) is 22.9. The van der Waals surface area contributed by atoms with Gasteiger partial charge in [-0.3, -0.25) is 0 Å². The van der Waals surface area contributed by atoms with E-state index in [0.29, 0.717) is 51.8 Å². The van der Waals surface area contributed by atoms with Crippen molar-refractivity contribution in [2.75, 3.05) is 20.0 Å². The maximum atomic E-state index is 13.0. The Morgan fingerprint density at radius 1 is 1.28 bits per heavy atom. The summed E-state index contributed by atoms with van der Waals surface area (Å²) in [5, 5.41) is 15.7. The third kappa shape index (κ3) is 6.34. The second-order valence-corrected chi connectivity index (χ2v) is 15.6. The number of hydrogen-bond acceptors (Lipinski definition) is 10. The van der Waals surface area contributed by atoms with Gasteiger partial charge in [0.05, 0.1) is 19.8 Å². The number of ether oxygens (including phenoxy) is 2. The van der Waals surface area contributed by atoms with Gasteiger partial charge in [0.15, 0.2) is 12.0 Å². The lowest BCUT2D eigenvalue weighted by Crippen LogP contribution is -2.48. The van der Waals surface area contributed by atoms with Gasteiger partial charge in [-0.15, -0.1) is 0 Å². The molecule has 0 aliphatic carbocycles. The minimum absolute atomic E-state index is 0.0431. The molecule has 1 heterocycles. The van der Waals surface area contributed by atoms with Gasteiger partial charge in [-0.2, -0.15) is 22.0 Å². The molecule has 0 radical (unpaired) electrons. The molecular weight excluding hydrogens is 496 g/mol. The minimum atomic E-state index is -2.32. The van der Waals surface area contributed by atoms with Crippen molar-refractivity contribution in [2.45, 2.75) is 71.5 Å². The largest absolute Gasteiger partial charge is 0.543 e. The Morgan fingerprint density at radius 3 is 2.44 bits per heavy atom. The van der Waals surface area contributed by atoms with E-state index < -0.39 is 20.3 Å². The average molecular weight is 535 g/mol. The summed E-state index contributed by atoms with van der Waals surface area (Å²) in [6.07, 6.45) is 1.96. The van der Waals surface area contributed by atoms with E-state index in [1.54, 1.807) is 14.0 Å². The molecular formula is C25H38N4O5SSi. The van der Waals surface area contributed by atoms with Crippen LogP contribution in [0, 0.1) is 31.2 Å². The van der Waals surface area contributed by atoms with E-state index in [-0.39, 0.29) is 5.04 Å². The van der Waals surface area contributed by atoms with Crippen molar-refractivity contribution in [3.05, 3.63) is 34.5 Å². The number of carbonyl (C=O) groups is 1. The van der Waals surface area contributed by atoms with Crippen LogP contribution in [0.15, 0.2) is 10.6 Å². The number of hydrogen-bond donors (Lipinski definition) is 1. The number of aromatic nitrogens is 2. The Hall–Kier alpha value is -2.71. The summed E-state index contributed by atoms with van der Waals surface area (Å²) in [6.45, 7) is 16.8. The van der Waals surface area contributed by atoms with Crippen LogP contribution in [0.3, 0.4) is 0 Å². The molecule has 0 spiro atoms. The molecule has 2 aromatic rings. The standard InChI is InChI=1S/C25H38N4O5SSi/c1-15(2)25(5,6)36(9,10)34-21-11-20(31-7)16(3)22(24(30)32-8)18(21)12-35-13-19(27-14-26)23-28-17(4)29-33-23/h11,15,19,27H,12-13H2,1-10H3. The zero-order valence-corrected chi connectivity index (χ0v) is 24.8. The first kappa shape index (κ1) is 29.5. The molecule has 0 amide bonds. The van der Waals surface area contributed by atoms with Gasteiger partial charge in [0.25, 0.3) is 14.2 Å². The fourth-order valence-electron chi connectivity index (χ4n) is 3.70. The number of methoxy groups -OCH3 is 2. The van der Waals surface area contributed by atoms with Crippen LogP contribution in [0.25, 0.3) is 0 Å². The SMILES string of the molecule is COC(=O)c1c(C)c(OC)cc(O[Si](C)(C)C(C)(C)C(C)C)c1CSCC(NC#N)c1nc(C)no1. The molecule has 0 fully saturated rings. The highest BCUT2D eigenvalue weighted by molar-refractivity contribution is 7.98. The molecule has 0 saturated carbocycles. The number of aryl methyl sites for hydroxylation is 1. The summed E-state index contributed by atoms with van der Waals surface area (Å²) in [6, 6.07) is 1.41. The van der Waals surface area contributed by atoms with Gasteiger partial charge >= 0.3 is 5.97 Å². The van der Waals surface area contributed by atoms with Crippen LogP contribution in [0.2, 0.25) is 18.1 Å². The summed E-state index contributed by atoms with van der Waals surface area (Å²) < 4.78 is 22.8. The van der Waals surface area contributed by atoms with Crippen LogP contribution < -0.4 is 14.5 Å². The highest BCUT2D eigenvalue weighted by atomic mass is 32.2. The Morgan fingerprint density at radius 2 is 1.94 bits per heavy atom. The molecule has 9 nitrogen and oxygen atoms in total. The summed E-state index contributed by atoms with van der Waals surface area (Å²) in [4.78, 5) is 17.2. The molecule has 11 heteroatoms. The van der Waals surface area contributed by atoms with Crippen molar-refractivity contribution in [3.63, 3.8) is 0 Å². The van der Waals surface area contributed by atoms with Crippen molar-refractivity contribution in [1.82, 2.24) is 15.5 Å². The van der Waals surface area contributed by atoms with Crippen molar-refractivity contribution in [1.29, 1.82) is 5.26 Å². The number of esters is 1. The van der Waals surface area contributed by atoms with E-state index in [1.807, 2.05) is 19.2 Å². The Balaban J connectivity index is 2.51. The molecule has 1 unspecified atom stereocenters. The van der Waals surface area contributed by atoms with E-state index in [0.717, 1.165) is 5.56 Å². The van der Waals surface area contributed by atoms with Gasteiger partial charge in [-0.05, 0) is 37.9 Å². The van der Waals surface area contributed by atoms with Gasteiger partial charge in [0, 0.05) is 28.7 Å². The van der Waals surface area contributed by atoms with E-state index >= 15 is 0 Å². The first-order chi connectivity index (χ1) is 16.8. The maximum Gasteiger partial charge on any atom is 0.338 e. The lowest BCUT2D eigenvalue weighted by molar-refractivity contribution is 0.0598. The van der Waals surface area contributed by atoms with E-state index in [4.69, 9.17) is 18.4 Å². The molecule has 2 rings (SSSR count). The maximum absolute atomic E-state index is 13.0. The number of nitriles is 1. The van der Waals surface area contributed by atoms with Crippen LogP contribution in [0.5, 0.6) is 11.5 Å². The second-order valence-electron chi connectivity index (χ2n) is 10.0. The number of carbonyl (C=O) groups excluding carboxylic acids is 1. The lowest BCUT2D eigenvalue weighted by Gasteiger charge is -2.43. The smallest absolute Gasteiger partial charge is 0.338 e. The summed E-state index contributed by atoms with van der Waals surface area (Å²) in [5.74, 6) is 2.87. The van der Waals surface area contributed by atoms with Crippen molar-refractivity contribution < 1.29 is 23.2 Å². The quantitative estimate of drug-likeness (QED) is 0.161. The predicted octanol–water partition coefficient (Wildman–Crippen LogP) is 5.55. The van der Waals surface area contributed by atoms with Crippen LogP contribution in [0.1, 0.15) is 66.9 Å². The summed E-state index contributed by atoms with van der Waals surface area (Å²) in [7, 11) is 0.625. The van der Waals surface area contributed by atoms with E-state index in [1.165, 1.54) is 18.9 Å². The molecule has 1 N–H and O–H groups in total. The van der Waals surface area contributed by atoms with Crippen LogP contribution in [0.4, 0.5) is 0 Å². The summed E-state index contributed by atoms with van der Waals surface area (Å²) >= 11 is 1.52. The molecule has 0 aliphatic heterocycles. The van der Waals surface area contributed by atoms with Gasteiger partial charge in [-0.1, -0.05) is 32.9 Å². The first-order valence-corrected chi connectivity index (χ1v) is 15.9. The molecule has 0 aliphatic rings. The van der Waals surface area contributed by atoms with Crippen molar-refractivity contribution >= 4 is 26.0 Å². The first-order valence-electron chi connectivity index (χ1n) is 11.8. The van der Waals surface area contributed by atoms with Gasteiger partial charge < -0.3 is 23.7 Å². The zero-order chi connectivity index (χ0) is 27.3. The fraction of sp³-hybridized carbons (Fsp3) is 0.600. The van der Waals surface area contributed by atoms with Crippen LogP contribution >= 0.6 is 11.8 Å². The molecule has 0 bridgehead atoms. The summed E-state index contributed by atoms with van der Waals surface area (Å²) in [5.41, 5.74) is 1.86. The molecule has 36 heavy (non-hydrogen) atoms. The Kier molecular flexibility index (Phi) is 9.85. The third-order valence-corrected chi connectivity index (χ3v) is 12.7. The lowest BCUT2D eigenvalue weighted by atomic mass is 9.99. The molecule has 0 saturated heterocycles. The molecule has 1 atom stereocenters. The van der Waals surface area contributed by atoms with Crippen molar-refractivity contribution in [2.24, 2.45) is 5.92 Å². The Bertz CT molecular complexity index is 1110. The Labute approximate surface area is 219 Å². The molecule has 1 aromatic heterocycles. The topological polar surface area (TPSA) is 120 Å². The van der Waals surface area contributed by atoms with E-state index in [2.05, 4.69) is 56.2 Å². The van der Waals surface area contributed by atoms with Gasteiger partial charge in [0.2, 0.25) is 0 Å². The number of nitrogens with zero attached hydrogens (tertiary/aromatic N) is 3. The van der Waals surface area contributed by atoms with Crippen LogP contribution in [-0.4, -0.2) is 44.4 Å². The number of nitrogens with one attached hydrogen (secondary N) is 1. The predicted molar refractivity (Wildman–Crippen MR) is 143 cm³/mol. The normalized spacial score (nSPS) is 12.7. The molecule has 1 aromatic carbocycles. The van der Waals surface area contributed by atoms with Crippen LogP contribution in [-0.2, 0) is 10.5 Å². The van der Waals surface area contributed by atoms with Crippen molar-refractivity contribution in [3.8, 4) is 17.7 Å². The van der Waals surface area contributed by atoms with Gasteiger partial charge in [0.1, 0.15) is 17.5 Å². The number of rotatable bonds is 12. The second kappa shape index (κ2) is 12.0. The highest BCUT2D eigenvalue weighted by Crippen LogP contribution is 2.47. The third-order valence-electron chi connectivity index (χ3n) is 7.19. The molecule has 198 valence electrons. The van der Waals surface area contributed by atoms with Gasteiger partial charge in [-0.25, -0.2) is 4.79 Å². The number of benzene rings is 1. The highest BCUT2D eigenvalue weighted by Gasteiger charge is 2.45. The van der Waals surface area contributed by atoms with E-state index in [9.17, 15) is 10.1 Å².